The molecule has 112 valence electrons. The zero-order valence-corrected chi connectivity index (χ0v) is 14.8. The van der Waals surface area contributed by atoms with Gasteiger partial charge in [-0.25, -0.2) is 0 Å². The first-order valence-corrected chi connectivity index (χ1v) is 8.51. The van der Waals surface area contributed by atoms with Gasteiger partial charge in [0.05, 0.1) is 0 Å². The molecule has 2 aromatic rings. The number of nitrogens with one attached hydrogen (secondary N) is 1. The quantitative estimate of drug-likeness (QED) is 0.692. The normalized spacial score (nSPS) is 12.4. The van der Waals surface area contributed by atoms with E-state index in [1.807, 2.05) is 12.1 Å². The van der Waals surface area contributed by atoms with Crippen LogP contribution in [0.15, 0.2) is 46.9 Å². The second kappa shape index (κ2) is 7.98. The van der Waals surface area contributed by atoms with Crippen LogP contribution < -0.4 is 5.32 Å². The smallest absolute Gasteiger partial charge is 0.0417 e. The van der Waals surface area contributed by atoms with Gasteiger partial charge in [-0.15, -0.1) is 0 Å². The van der Waals surface area contributed by atoms with Gasteiger partial charge in [0.25, 0.3) is 0 Å². The molecule has 0 bridgehead atoms. The van der Waals surface area contributed by atoms with E-state index in [1.165, 1.54) is 16.7 Å². The maximum Gasteiger partial charge on any atom is 0.0417 e. The highest BCUT2D eigenvalue weighted by molar-refractivity contribution is 9.10. The van der Waals surface area contributed by atoms with Gasteiger partial charge in [-0.2, -0.15) is 0 Å². The minimum atomic E-state index is 0.290. The van der Waals surface area contributed by atoms with Gasteiger partial charge >= 0.3 is 0 Å². The predicted octanol–water partition coefficient (Wildman–Crippen LogP) is 5.69. The fraction of sp³-hybridized carbons (Fsp3) is 0.333. The van der Waals surface area contributed by atoms with E-state index in [4.69, 9.17) is 11.6 Å². The van der Waals surface area contributed by atoms with Crippen molar-refractivity contribution in [3.63, 3.8) is 0 Å². The summed E-state index contributed by atoms with van der Waals surface area (Å²) >= 11 is 9.71. The Labute approximate surface area is 140 Å². The summed E-state index contributed by atoms with van der Waals surface area (Å²) in [7, 11) is 0. The Bertz CT molecular complexity index is 598. The van der Waals surface area contributed by atoms with E-state index in [9.17, 15) is 0 Å². The summed E-state index contributed by atoms with van der Waals surface area (Å²) in [6.07, 6.45) is 2.10. The lowest BCUT2D eigenvalue weighted by Crippen LogP contribution is -2.24. The Morgan fingerprint density at radius 1 is 1.19 bits per heavy atom. The van der Waals surface area contributed by atoms with Crippen LogP contribution >= 0.6 is 27.5 Å². The number of halogens is 2. The Morgan fingerprint density at radius 3 is 2.62 bits per heavy atom. The maximum absolute atomic E-state index is 6.06. The fourth-order valence-corrected chi connectivity index (χ4v) is 3.41. The first-order valence-electron chi connectivity index (χ1n) is 7.34. The van der Waals surface area contributed by atoms with Crippen molar-refractivity contribution in [2.24, 2.45) is 0 Å². The average Bonchev–Trinajstić information content (AvgIpc) is 2.46. The first-order chi connectivity index (χ1) is 10.1. The standard InChI is InChI=1S/C18H21BrClN/c1-3-10-21-18(11-14-7-5-4-6-13(14)2)16-9-8-15(20)12-17(16)19/h4-9,12,18,21H,3,10-11H2,1-2H3. The lowest BCUT2D eigenvalue weighted by molar-refractivity contribution is 0.527. The number of rotatable bonds is 6. The van der Waals surface area contributed by atoms with Crippen molar-refractivity contribution in [1.82, 2.24) is 5.32 Å². The maximum atomic E-state index is 6.06. The van der Waals surface area contributed by atoms with E-state index in [0.29, 0.717) is 0 Å². The molecular weight excluding hydrogens is 346 g/mol. The van der Waals surface area contributed by atoms with E-state index in [1.54, 1.807) is 0 Å². The SMILES string of the molecule is CCCNC(Cc1ccccc1C)c1ccc(Cl)cc1Br. The van der Waals surface area contributed by atoms with E-state index >= 15 is 0 Å². The Hall–Kier alpha value is -0.830. The summed E-state index contributed by atoms with van der Waals surface area (Å²) in [5, 5.41) is 4.41. The van der Waals surface area contributed by atoms with Gasteiger partial charge in [-0.05, 0) is 55.1 Å². The van der Waals surface area contributed by atoms with Crippen LogP contribution in [0.4, 0.5) is 0 Å². The van der Waals surface area contributed by atoms with Gasteiger partial charge in [0.1, 0.15) is 0 Å². The van der Waals surface area contributed by atoms with Gasteiger partial charge < -0.3 is 5.32 Å². The van der Waals surface area contributed by atoms with Crippen molar-refractivity contribution in [3.8, 4) is 0 Å². The van der Waals surface area contributed by atoms with Crippen LogP contribution in [0, 0.1) is 6.92 Å². The van der Waals surface area contributed by atoms with Gasteiger partial charge in [-0.3, -0.25) is 0 Å². The van der Waals surface area contributed by atoms with Crippen molar-refractivity contribution < 1.29 is 0 Å². The largest absolute Gasteiger partial charge is 0.310 e. The van der Waals surface area contributed by atoms with Crippen LogP contribution in [0.5, 0.6) is 0 Å². The molecule has 2 rings (SSSR count). The minimum Gasteiger partial charge on any atom is -0.310 e. The number of benzene rings is 2. The zero-order chi connectivity index (χ0) is 15.2. The summed E-state index contributed by atoms with van der Waals surface area (Å²) in [5.74, 6) is 0. The van der Waals surface area contributed by atoms with E-state index in [-0.39, 0.29) is 6.04 Å². The highest BCUT2D eigenvalue weighted by atomic mass is 79.9. The molecule has 1 unspecified atom stereocenters. The minimum absolute atomic E-state index is 0.290. The molecule has 2 aromatic carbocycles. The van der Waals surface area contributed by atoms with Crippen LogP contribution in [-0.4, -0.2) is 6.54 Å². The summed E-state index contributed by atoms with van der Waals surface area (Å²) < 4.78 is 1.07. The third-order valence-electron chi connectivity index (χ3n) is 3.66. The Kier molecular flexibility index (Phi) is 6.28. The summed E-state index contributed by atoms with van der Waals surface area (Å²) in [5.41, 5.74) is 3.98. The molecule has 0 aliphatic rings. The van der Waals surface area contributed by atoms with Gasteiger partial charge in [-0.1, -0.05) is 64.8 Å². The lowest BCUT2D eigenvalue weighted by Gasteiger charge is -2.21. The molecule has 0 aliphatic heterocycles. The molecule has 0 radical (unpaired) electrons. The van der Waals surface area contributed by atoms with Crippen LogP contribution in [0.1, 0.15) is 36.1 Å². The van der Waals surface area contributed by atoms with Crippen molar-refractivity contribution in [2.75, 3.05) is 6.54 Å². The molecule has 3 heteroatoms. The van der Waals surface area contributed by atoms with Gasteiger partial charge in [0, 0.05) is 15.5 Å². The highest BCUT2D eigenvalue weighted by Crippen LogP contribution is 2.29. The van der Waals surface area contributed by atoms with Crippen LogP contribution in [0.25, 0.3) is 0 Å². The summed E-state index contributed by atoms with van der Waals surface area (Å²) in [6, 6.07) is 14.9. The number of hydrogen-bond acceptors (Lipinski definition) is 1. The Morgan fingerprint density at radius 2 is 1.95 bits per heavy atom. The molecule has 21 heavy (non-hydrogen) atoms. The molecule has 0 fully saturated rings. The zero-order valence-electron chi connectivity index (χ0n) is 12.5. The topological polar surface area (TPSA) is 12.0 Å². The summed E-state index contributed by atoms with van der Waals surface area (Å²) in [6.45, 7) is 5.36. The molecule has 0 aromatic heterocycles. The predicted molar refractivity (Wildman–Crippen MR) is 95.1 cm³/mol. The van der Waals surface area contributed by atoms with Crippen LogP contribution in [0.3, 0.4) is 0 Å². The lowest BCUT2D eigenvalue weighted by atomic mass is 9.96. The summed E-state index contributed by atoms with van der Waals surface area (Å²) in [4.78, 5) is 0. The highest BCUT2D eigenvalue weighted by Gasteiger charge is 2.15. The fourth-order valence-electron chi connectivity index (χ4n) is 2.45. The third-order valence-corrected chi connectivity index (χ3v) is 4.59. The van der Waals surface area contributed by atoms with Crippen molar-refractivity contribution >= 4 is 27.5 Å². The van der Waals surface area contributed by atoms with Crippen LogP contribution in [-0.2, 0) is 6.42 Å². The molecule has 0 heterocycles. The molecule has 1 atom stereocenters. The molecule has 1 N–H and O–H groups in total. The third kappa shape index (κ3) is 4.57. The average molecular weight is 367 g/mol. The van der Waals surface area contributed by atoms with Crippen molar-refractivity contribution in [3.05, 3.63) is 68.7 Å². The molecular formula is C18H21BrClN. The van der Waals surface area contributed by atoms with E-state index in [2.05, 4.69) is 65.4 Å². The van der Waals surface area contributed by atoms with Crippen molar-refractivity contribution in [2.45, 2.75) is 32.7 Å². The van der Waals surface area contributed by atoms with Crippen molar-refractivity contribution in [1.29, 1.82) is 0 Å². The second-order valence-corrected chi connectivity index (χ2v) is 6.59. The Balaban J connectivity index is 2.27. The van der Waals surface area contributed by atoms with E-state index in [0.717, 1.165) is 28.9 Å². The molecule has 0 saturated carbocycles. The van der Waals surface area contributed by atoms with Gasteiger partial charge in [0.15, 0.2) is 0 Å². The molecule has 0 amide bonds. The monoisotopic (exact) mass is 365 g/mol. The first kappa shape index (κ1) is 16.5. The molecule has 0 saturated heterocycles. The van der Waals surface area contributed by atoms with Crippen LogP contribution in [0.2, 0.25) is 5.02 Å². The molecule has 1 nitrogen and oxygen atoms in total. The second-order valence-electron chi connectivity index (χ2n) is 5.30. The number of aryl methyl sites for hydroxylation is 1. The number of hydrogen-bond donors (Lipinski definition) is 1. The van der Waals surface area contributed by atoms with Gasteiger partial charge in [0.2, 0.25) is 0 Å². The molecule has 0 aliphatic carbocycles. The van der Waals surface area contributed by atoms with E-state index < -0.39 is 0 Å². The molecule has 0 spiro atoms.